The minimum absolute atomic E-state index is 0.0567. The lowest BCUT2D eigenvalue weighted by Crippen LogP contribution is -2.51. The predicted molar refractivity (Wildman–Crippen MR) is 153 cm³/mol. The second-order valence-electron chi connectivity index (χ2n) is 12.0. The molecule has 7 nitrogen and oxygen atoms in total. The second kappa shape index (κ2) is 13.4. The summed E-state index contributed by atoms with van der Waals surface area (Å²) in [6.07, 6.45) is -10.0. The van der Waals surface area contributed by atoms with Crippen LogP contribution < -0.4 is 0 Å². The van der Waals surface area contributed by atoms with Gasteiger partial charge in [-0.05, 0) is 68.0 Å². The third kappa shape index (κ3) is 7.98. The summed E-state index contributed by atoms with van der Waals surface area (Å²) in [7, 11) is 1.35. The zero-order valence-corrected chi connectivity index (χ0v) is 25.3. The van der Waals surface area contributed by atoms with Crippen molar-refractivity contribution in [1.29, 1.82) is 0 Å². The quantitative estimate of drug-likeness (QED) is 0.438. The number of likely N-dealkylation sites (tertiary alicyclic amines) is 2. The molecule has 0 aromatic heterocycles. The van der Waals surface area contributed by atoms with Gasteiger partial charge in [0.15, 0.2) is 0 Å². The Hall–Kier alpha value is -3.61. The highest BCUT2D eigenvalue weighted by Gasteiger charge is 2.41. The molecule has 2 aliphatic heterocycles. The first-order chi connectivity index (χ1) is 21.0. The van der Waals surface area contributed by atoms with Crippen LogP contribution in [0.5, 0.6) is 0 Å². The fourth-order valence-electron chi connectivity index (χ4n) is 6.38. The summed E-state index contributed by atoms with van der Waals surface area (Å²) >= 11 is 0. The van der Waals surface area contributed by atoms with E-state index in [9.17, 15) is 45.8 Å². The van der Waals surface area contributed by atoms with Crippen LogP contribution in [0.1, 0.15) is 59.9 Å². The number of carbonyl (C=O) groups excluding carboxylic acids is 3. The van der Waals surface area contributed by atoms with Gasteiger partial charge in [0, 0.05) is 57.5 Å². The smallest absolute Gasteiger partial charge is 0.384 e. The van der Waals surface area contributed by atoms with Crippen LogP contribution in [-0.4, -0.2) is 76.9 Å². The molecule has 2 aromatic rings. The Morgan fingerprint density at radius 1 is 0.911 bits per heavy atom. The number of carbonyl (C=O) groups is 3. The van der Waals surface area contributed by atoms with Crippen molar-refractivity contribution in [2.45, 2.75) is 64.0 Å². The molecule has 1 unspecified atom stereocenters. The largest absolute Gasteiger partial charge is 0.416 e. The number of hydrogen-bond donors (Lipinski definition) is 1. The Labute approximate surface area is 257 Å². The molecule has 4 rings (SSSR count). The van der Waals surface area contributed by atoms with E-state index in [0.717, 1.165) is 16.0 Å². The number of aliphatic hydroxyl groups excluding tert-OH is 1. The van der Waals surface area contributed by atoms with Crippen LogP contribution >= 0.6 is 0 Å². The summed E-state index contributed by atoms with van der Waals surface area (Å²) in [6.45, 7) is 3.95. The zero-order valence-electron chi connectivity index (χ0n) is 25.3. The van der Waals surface area contributed by atoms with E-state index in [1.54, 1.807) is 4.90 Å². The van der Waals surface area contributed by atoms with Crippen molar-refractivity contribution < 1.29 is 45.8 Å². The highest BCUT2D eigenvalue weighted by Crippen LogP contribution is 2.39. The molecule has 1 N–H and O–H groups in total. The van der Waals surface area contributed by atoms with Gasteiger partial charge in [0.2, 0.25) is 11.8 Å². The number of aryl methyl sites for hydroxylation is 1. The van der Waals surface area contributed by atoms with E-state index in [1.165, 1.54) is 18.9 Å². The lowest BCUT2D eigenvalue weighted by atomic mass is 9.77. The van der Waals surface area contributed by atoms with Gasteiger partial charge in [-0.25, -0.2) is 0 Å². The first kappa shape index (κ1) is 34.3. The molecule has 2 aromatic carbocycles. The minimum Gasteiger partial charge on any atom is -0.384 e. The molecule has 2 saturated heterocycles. The topological polar surface area (TPSA) is 81.2 Å². The first-order valence-corrected chi connectivity index (χ1v) is 14.8. The molecule has 45 heavy (non-hydrogen) atoms. The summed E-state index contributed by atoms with van der Waals surface area (Å²) in [4.78, 5) is 43.9. The Bertz CT molecular complexity index is 1370. The average molecular weight is 642 g/mol. The first-order valence-electron chi connectivity index (χ1n) is 14.8. The fourth-order valence-corrected chi connectivity index (χ4v) is 6.38. The summed E-state index contributed by atoms with van der Waals surface area (Å²) in [5.41, 5.74) is -1.47. The molecule has 0 radical (unpaired) electrons. The Kier molecular flexibility index (Phi) is 10.2. The van der Waals surface area contributed by atoms with Gasteiger partial charge in [-0.3, -0.25) is 14.4 Å². The van der Waals surface area contributed by atoms with E-state index >= 15 is 0 Å². The highest BCUT2D eigenvalue weighted by molar-refractivity contribution is 5.83. The summed E-state index contributed by atoms with van der Waals surface area (Å²) in [6, 6.07) is 8.68. The summed E-state index contributed by atoms with van der Waals surface area (Å²) < 4.78 is 80.5. The van der Waals surface area contributed by atoms with Crippen LogP contribution in [0.2, 0.25) is 0 Å². The van der Waals surface area contributed by atoms with Gasteiger partial charge < -0.3 is 19.8 Å². The van der Waals surface area contributed by atoms with Gasteiger partial charge >= 0.3 is 12.4 Å². The van der Waals surface area contributed by atoms with Crippen LogP contribution in [0.3, 0.4) is 0 Å². The van der Waals surface area contributed by atoms with E-state index in [2.05, 4.69) is 0 Å². The number of rotatable bonds is 6. The number of alkyl halides is 6. The van der Waals surface area contributed by atoms with Gasteiger partial charge in [-0.15, -0.1) is 0 Å². The fraction of sp³-hybridized carbons (Fsp3) is 0.531. The maximum atomic E-state index is 13.8. The van der Waals surface area contributed by atoms with Crippen LogP contribution in [0.4, 0.5) is 26.3 Å². The third-order valence-corrected chi connectivity index (χ3v) is 8.79. The van der Waals surface area contributed by atoms with Crippen LogP contribution in [0, 0.1) is 18.8 Å². The number of amides is 3. The van der Waals surface area contributed by atoms with Gasteiger partial charge in [0.25, 0.3) is 5.91 Å². The zero-order chi connectivity index (χ0) is 33.3. The summed E-state index contributed by atoms with van der Waals surface area (Å²) in [5.74, 6) is -2.38. The molecule has 0 spiro atoms. The van der Waals surface area contributed by atoms with E-state index < -0.39 is 53.9 Å². The molecular formula is C32H37F6N3O4. The Balaban J connectivity index is 1.53. The minimum atomic E-state index is -5.00. The lowest BCUT2D eigenvalue weighted by molar-refractivity contribution is -0.147. The van der Waals surface area contributed by atoms with E-state index in [1.807, 2.05) is 31.2 Å². The average Bonchev–Trinajstić information content (AvgIpc) is 2.99. The molecule has 2 fully saturated rings. The predicted octanol–water partition coefficient (Wildman–Crippen LogP) is 5.24. The van der Waals surface area contributed by atoms with E-state index in [0.29, 0.717) is 38.1 Å². The second-order valence-corrected chi connectivity index (χ2v) is 12.0. The molecule has 3 amide bonds. The van der Waals surface area contributed by atoms with Crippen molar-refractivity contribution in [3.8, 4) is 0 Å². The Morgan fingerprint density at radius 2 is 1.47 bits per heavy atom. The lowest BCUT2D eigenvalue weighted by Gasteiger charge is -2.42. The maximum absolute atomic E-state index is 13.8. The number of nitrogens with zero attached hydrogens (tertiary/aromatic N) is 3. The number of halogens is 6. The van der Waals surface area contributed by atoms with Crippen molar-refractivity contribution in [1.82, 2.24) is 14.7 Å². The van der Waals surface area contributed by atoms with Gasteiger partial charge in [0.1, 0.15) is 6.10 Å². The van der Waals surface area contributed by atoms with Crippen molar-refractivity contribution in [3.05, 3.63) is 70.3 Å². The van der Waals surface area contributed by atoms with Crippen molar-refractivity contribution >= 4 is 17.7 Å². The monoisotopic (exact) mass is 641 g/mol. The Morgan fingerprint density at radius 3 is 2.00 bits per heavy atom. The molecule has 0 bridgehead atoms. The number of aliphatic hydroxyl groups is 1. The van der Waals surface area contributed by atoms with Crippen molar-refractivity contribution in [2.75, 3.05) is 33.2 Å². The SMILES string of the molecule is Cc1ccccc1C1CN(C(=O)C2CCN(C(=O)[C@H](C)O)CC2)CC[C@@H]1C(=O)N(C)Cc1cc(C(F)(F)F)cc(C(F)(F)F)c1. The normalized spacial score (nSPS) is 20.6. The molecule has 0 saturated carbocycles. The number of benzene rings is 2. The standard InChI is InChI=1S/C32H37F6N3O4/c1-19-6-4-5-7-25(19)27-18-41(29(44)22-8-11-40(12-9-22)28(43)20(2)42)13-10-26(27)30(45)39(3)17-21-14-23(31(33,34)35)16-24(15-21)32(36,37)38/h4-7,14-16,20,22,26-27,42H,8-13,17-18H2,1-3H3/t20-,26-,27?/m0/s1. The van der Waals surface area contributed by atoms with Crippen LogP contribution in [0.15, 0.2) is 42.5 Å². The molecule has 0 aliphatic carbocycles. The highest BCUT2D eigenvalue weighted by atomic mass is 19.4. The third-order valence-electron chi connectivity index (χ3n) is 8.79. The van der Waals surface area contributed by atoms with E-state index in [-0.39, 0.29) is 48.9 Å². The van der Waals surface area contributed by atoms with Gasteiger partial charge in [-0.1, -0.05) is 24.3 Å². The van der Waals surface area contributed by atoms with Gasteiger partial charge in [0.05, 0.1) is 11.1 Å². The molecular weight excluding hydrogens is 604 g/mol. The molecule has 13 heteroatoms. The number of hydrogen-bond acceptors (Lipinski definition) is 4. The molecule has 2 aliphatic rings. The molecule has 246 valence electrons. The number of piperidine rings is 2. The van der Waals surface area contributed by atoms with Crippen molar-refractivity contribution in [2.24, 2.45) is 11.8 Å². The molecule has 2 heterocycles. The van der Waals surface area contributed by atoms with Crippen LogP contribution in [-0.2, 0) is 33.3 Å². The summed E-state index contributed by atoms with van der Waals surface area (Å²) in [5, 5.41) is 9.60. The van der Waals surface area contributed by atoms with Crippen LogP contribution in [0.25, 0.3) is 0 Å². The van der Waals surface area contributed by atoms with Crippen molar-refractivity contribution in [3.63, 3.8) is 0 Å². The maximum Gasteiger partial charge on any atom is 0.416 e. The van der Waals surface area contributed by atoms with E-state index in [4.69, 9.17) is 0 Å². The molecule has 3 atom stereocenters. The van der Waals surface area contributed by atoms with Gasteiger partial charge in [-0.2, -0.15) is 26.3 Å².